The summed E-state index contributed by atoms with van der Waals surface area (Å²) >= 11 is 0. The predicted molar refractivity (Wildman–Crippen MR) is 156 cm³/mol. The van der Waals surface area contributed by atoms with Gasteiger partial charge in [-0.05, 0) is 56.0 Å². The number of carbonyl (C=O) groups is 1. The normalized spacial score (nSPS) is 13.4. The predicted octanol–water partition coefficient (Wildman–Crippen LogP) is 9.38. The second-order valence-electron chi connectivity index (χ2n) is 10.7. The number of unbranched alkanes of at least 4 members (excludes halogenated alkanes) is 6. The summed E-state index contributed by atoms with van der Waals surface area (Å²) in [4.78, 5) is 20.7. The van der Waals surface area contributed by atoms with Crippen molar-refractivity contribution in [3.8, 4) is 34.0 Å². The van der Waals surface area contributed by atoms with Crippen molar-refractivity contribution in [1.29, 1.82) is 0 Å². The van der Waals surface area contributed by atoms with Gasteiger partial charge in [0, 0.05) is 18.0 Å². The van der Waals surface area contributed by atoms with Gasteiger partial charge in [0.15, 0.2) is 17.4 Å². The second-order valence-corrected chi connectivity index (χ2v) is 10.7. The number of hydrogen-bond donors (Lipinski definition) is 0. The summed E-state index contributed by atoms with van der Waals surface area (Å²) in [7, 11) is 0. The lowest BCUT2D eigenvalue weighted by Gasteiger charge is -2.18. The van der Waals surface area contributed by atoms with Gasteiger partial charge in [-0.3, -0.25) is 0 Å². The number of esters is 1. The Morgan fingerprint density at radius 1 is 0.857 bits per heavy atom. The summed E-state index contributed by atoms with van der Waals surface area (Å²) in [5.74, 6) is -3.55. The molecule has 2 aromatic carbocycles. The van der Waals surface area contributed by atoms with E-state index in [0.29, 0.717) is 30.4 Å². The molecular weight excluding hydrogens is 548 g/mol. The van der Waals surface area contributed by atoms with Gasteiger partial charge < -0.3 is 9.47 Å². The van der Waals surface area contributed by atoms with E-state index in [1.54, 1.807) is 24.3 Å². The molecule has 0 aliphatic rings. The van der Waals surface area contributed by atoms with Gasteiger partial charge in [-0.1, -0.05) is 70.9 Å². The number of hydrogen-bond acceptors (Lipinski definition) is 5. The van der Waals surface area contributed by atoms with Gasteiger partial charge in [0.2, 0.25) is 11.5 Å². The molecule has 0 radical (unpaired) electrons. The minimum Gasteiger partial charge on any atom is -0.487 e. The van der Waals surface area contributed by atoms with Crippen LogP contribution >= 0.6 is 0 Å². The van der Waals surface area contributed by atoms with Gasteiger partial charge in [0.05, 0.1) is 5.56 Å². The van der Waals surface area contributed by atoms with Gasteiger partial charge in [-0.2, -0.15) is 4.39 Å². The topological polar surface area (TPSA) is 61.3 Å². The first-order valence-electron chi connectivity index (χ1n) is 14.7. The summed E-state index contributed by atoms with van der Waals surface area (Å²) in [5, 5.41) is 0. The maximum absolute atomic E-state index is 14.9. The van der Waals surface area contributed by atoms with Crippen LogP contribution in [-0.2, 0) is 4.79 Å². The largest absolute Gasteiger partial charge is 0.487 e. The number of carbonyl (C=O) groups excluding carboxylic acids is 1. The number of alkyl halides is 2. The third kappa shape index (κ3) is 9.53. The van der Waals surface area contributed by atoms with Crippen LogP contribution in [0.4, 0.5) is 17.6 Å². The van der Waals surface area contributed by atoms with E-state index in [1.807, 2.05) is 6.92 Å². The molecular formula is C33H40F4N2O3. The molecule has 2 atom stereocenters. The molecule has 0 spiro atoms. The third-order valence-corrected chi connectivity index (χ3v) is 7.05. The third-order valence-electron chi connectivity index (χ3n) is 7.05. The fourth-order valence-electron chi connectivity index (χ4n) is 4.39. The Bertz CT molecular complexity index is 1270. The molecule has 0 unspecified atom stereocenters. The molecule has 42 heavy (non-hydrogen) atoms. The Morgan fingerprint density at radius 3 is 2.17 bits per heavy atom. The molecule has 0 amide bonds. The first kappa shape index (κ1) is 33.0. The van der Waals surface area contributed by atoms with Crippen LogP contribution in [0.15, 0.2) is 48.8 Å². The smallest absolute Gasteiger partial charge is 0.348 e. The Hall–Kier alpha value is -3.49. The van der Waals surface area contributed by atoms with Crippen LogP contribution in [0.2, 0.25) is 0 Å². The first-order valence-corrected chi connectivity index (χ1v) is 14.7. The quantitative estimate of drug-likeness (QED) is 0.0680. The molecule has 1 heterocycles. The van der Waals surface area contributed by atoms with E-state index in [9.17, 15) is 22.4 Å². The molecule has 0 aliphatic carbocycles. The summed E-state index contributed by atoms with van der Waals surface area (Å²) in [5.41, 5.74) is -0.976. The summed E-state index contributed by atoms with van der Waals surface area (Å²) in [6.45, 7) is 4.96. The van der Waals surface area contributed by atoms with Crippen molar-refractivity contribution in [3.05, 3.63) is 60.4 Å². The number of benzene rings is 2. The van der Waals surface area contributed by atoms with E-state index in [2.05, 4.69) is 16.9 Å². The standard InChI is InChI=1S/C33H40F4N2O3/c1-4-6-8-9-10-11-19-33(3,37)32(40)42-26-15-13-23(14-16-26)24-20-38-31(39-21-24)27-17-18-28(30(36)29(27)35)41-22-25(34)12-7-5-2/h13-18,20-21,25H,4-12,19,22H2,1-3H3/t25-,33-/m0/s1. The number of rotatable bonds is 17. The number of halogens is 4. The zero-order valence-corrected chi connectivity index (χ0v) is 24.6. The van der Waals surface area contributed by atoms with Crippen LogP contribution in [0.1, 0.15) is 85.0 Å². The average molecular weight is 589 g/mol. The maximum Gasteiger partial charge on any atom is 0.348 e. The highest BCUT2D eigenvalue weighted by Gasteiger charge is 2.34. The molecule has 5 nitrogen and oxygen atoms in total. The van der Waals surface area contributed by atoms with E-state index >= 15 is 0 Å². The molecule has 0 saturated carbocycles. The molecule has 0 fully saturated rings. The van der Waals surface area contributed by atoms with Crippen LogP contribution in [0, 0.1) is 11.6 Å². The monoisotopic (exact) mass is 588 g/mol. The Kier molecular flexibility index (Phi) is 12.8. The molecule has 0 saturated heterocycles. The van der Waals surface area contributed by atoms with Crippen molar-refractivity contribution < 1.29 is 31.8 Å². The second kappa shape index (κ2) is 16.2. The lowest BCUT2D eigenvalue weighted by molar-refractivity contribution is -0.147. The van der Waals surface area contributed by atoms with Crippen LogP contribution in [0.5, 0.6) is 11.5 Å². The number of aromatic nitrogens is 2. The van der Waals surface area contributed by atoms with Crippen LogP contribution < -0.4 is 9.47 Å². The fourth-order valence-corrected chi connectivity index (χ4v) is 4.39. The van der Waals surface area contributed by atoms with Gasteiger partial charge in [-0.15, -0.1) is 0 Å². The fraction of sp³-hybridized carbons (Fsp3) is 0.485. The highest BCUT2D eigenvalue weighted by molar-refractivity contribution is 5.81. The van der Waals surface area contributed by atoms with Crippen LogP contribution in [0.25, 0.3) is 22.5 Å². The molecule has 0 bridgehead atoms. The van der Waals surface area contributed by atoms with E-state index in [-0.39, 0.29) is 35.9 Å². The van der Waals surface area contributed by atoms with E-state index < -0.39 is 29.4 Å². The highest BCUT2D eigenvalue weighted by atomic mass is 19.2. The first-order chi connectivity index (χ1) is 20.2. The van der Waals surface area contributed by atoms with Crippen molar-refractivity contribution in [2.24, 2.45) is 0 Å². The minimum atomic E-state index is -2.07. The van der Waals surface area contributed by atoms with E-state index in [0.717, 1.165) is 38.5 Å². The lowest BCUT2D eigenvalue weighted by atomic mass is 9.99. The SMILES string of the molecule is CCCCCCCC[C@](C)(F)C(=O)Oc1ccc(-c2cnc(-c3ccc(OC[C@@H](F)CCCC)c(F)c3F)nc2)cc1. The van der Waals surface area contributed by atoms with Crippen molar-refractivity contribution in [1.82, 2.24) is 9.97 Å². The average Bonchev–Trinajstić information content (AvgIpc) is 2.99. The highest BCUT2D eigenvalue weighted by Crippen LogP contribution is 2.30. The Labute approximate surface area is 245 Å². The number of ether oxygens (including phenoxy) is 2. The summed E-state index contributed by atoms with van der Waals surface area (Å²) in [6.07, 6.45) is 9.49. The van der Waals surface area contributed by atoms with Crippen LogP contribution in [0.3, 0.4) is 0 Å². The summed E-state index contributed by atoms with van der Waals surface area (Å²) < 4.78 is 68.5. The van der Waals surface area contributed by atoms with Crippen molar-refractivity contribution in [3.63, 3.8) is 0 Å². The lowest BCUT2D eigenvalue weighted by Crippen LogP contribution is -2.34. The molecule has 3 aromatic rings. The van der Waals surface area contributed by atoms with Gasteiger partial charge in [0.25, 0.3) is 0 Å². The van der Waals surface area contributed by atoms with E-state index in [1.165, 1.54) is 31.5 Å². The van der Waals surface area contributed by atoms with Gasteiger partial charge >= 0.3 is 5.97 Å². The molecule has 228 valence electrons. The molecule has 9 heteroatoms. The van der Waals surface area contributed by atoms with Gasteiger partial charge in [0.1, 0.15) is 18.5 Å². The molecule has 0 N–H and O–H groups in total. The van der Waals surface area contributed by atoms with Crippen molar-refractivity contribution >= 4 is 5.97 Å². The molecule has 0 aliphatic heterocycles. The van der Waals surface area contributed by atoms with Crippen LogP contribution in [-0.4, -0.2) is 34.4 Å². The van der Waals surface area contributed by atoms with Gasteiger partial charge in [-0.25, -0.2) is 27.9 Å². The minimum absolute atomic E-state index is 0.0360. The Morgan fingerprint density at radius 2 is 1.50 bits per heavy atom. The molecule has 3 rings (SSSR count). The van der Waals surface area contributed by atoms with E-state index in [4.69, 9.17) is 9.47 Å². The zero-order chi connectivity index (χ0) is 30.5. The van der Waals surface area contributed by atoms with Crippen molar-refractivity contribution in [2.45, 2.75) is 96.8 Å². The van der Waals surface area contributed by atoms with Crippen molar-refractivity contribution in [2.75, 3.05) is 6.61 Å². The Balaban J connectivity index is 1.58. The maximum atomic E-state index is 14.9. The number of nitrogens with zero attached hydrogens (tertiary/aromatic N) is 2. The zero-order valence-electron chi connectivity index (χ0n) is 24.6. The summed E-state index contributed by atoms with van der Waals surface area (Å²) in [6, 6.07) is 8.93. The molecule has 1 aromatic heterocycles.